The molecule has 2 aliphatic heterocycles. The van der Waals surface area contributed by atoms with Gasteiger partial charge < -0.3 is 14.2 Å². The molecule has 0 N–H and O–H groups in total. The van der Waals surface area contributed by atoms with E-state index in [0.717, 1.165) is 29.8 Å². The lowest BCUT2D eigenvalue weighted by Gasteiger charge is -2.47. The highest BCUT2D eigenvalue weighted by Gasteiger charge is 2.49. The fourth-order valence-corrected chi connectivity index (χ4v) is 3.82. The van der Waals surface area contributed by atoms with E-state index in [1.807, 2.05) is 18.2 Å². The highest BCUT2D eigenvalue weighted by atomic mass is 16.5. The first-order valence-corrected chi connectivity index (χ1v) is 8.21. The molecule has 1 saturated heterocycles. The largest absolute Gasteiger partial charge is 0.493 e. The summed E-state index contributed by atoms with van der Waals surface area (Å²) < 4.78 is 16.8. The van der Waals surface area contributed by atoms with Crippen LogP contribution in [-0.2, 0) is 10.3 Å². The van der Waals surface area contributed by atoms with Crippen LogP contribution in [0.15, 0.2) is 18.2 Å². The predicted molar refractivity (Wildman–Crippen MR) is 88.2 cm³/mol. The zero-order chi connectivity index (χ0) is 16.9. The van der Waals surface area contributed by atoms with Gasteiger partial charge in [-0.3, -0.25) is 0 Å². The Balaban J connectivity index is 1.80. The van der Waals surface area contributed by atoms with Crippen molar-refractivity contribution in [2.24, 2.45) is 0 Å². The van der Waals surface area contributed by atoms with Crippen molar-refractivity contribution < 1.29 is 14.2 Å². The number of hydrogen-bond acceptors (Lipinski definition) is 6. The summed E-state index contributed by atoms with van der Waals surface area (Å²) in [5, 5.41) is 8.82. The van der Waals surface area contributed by atoms with Gasteiger partial charge in [-0.2, -0.15) is 0 Å². The Bertz CT molecular complexity index is 795. The number of rotatable bonds is 3. The lowest BCUT2D eigenvalue weighted by Crippen LogP contribution is -2.46. The summed E-state index contributed by atoms with van der Waals surface area (Å²) in [5.41, 5.74) is 2.42. The number of fused-ring (bicyclic) bond motifs is 2. The van der Waals surface area contributed by atoms with Gasteiger partial charge >= 0.3 is 0 Å². The third-order valence-corrected chi connectivity index (χ3v) is 5.15. The topological polar surface area (TPSA) is 66.4 Å². The summed E-state index contributed by atoms with van der Waals surface area (Å²) >= 11 is 0. The fraction of sp³-hybridized carbons (Fsp3) is 0.500. The third kappa shape index (κ3) is 2.17. The molecule has 24 heavy (non-hydrogen) atoms. The molecule has 0 radical (unpaired) electrons. The molecule has 1 aromatic carbocycles. The number of nitrogens with zero attached hydrogens (tertiary/aromatic N) is 3. The monoisotopic (exact) mass is 327 g/mol. The fourth-order valence-electron chi connectivity index (χ4n) is 3.82. The van der Waals surface area contributed by atoms with E-state index >= 15 is 0 Å². The van der Waals surface area contributed by atoms with E-state index in [4.69, 9.17) is 19.2 Å². The number of ether oxygens (including phenoxy) is 3. The summed E-state index contributed by atoms with van der Waals surface area (Å²) in [4.78, 5) is 4.84. The minimum absolute atomic E-state index is 0.159. The summed E-state index contributed by atoms with van der Waals surface area (Å²) in [6, 6.07) is 5.66. The molecule has 0 saturated carbocycles. The molecule has 1 fully saturated rings. The van der Waals surface area contributed by atoms with Crippen LogP contribution in [-0.4, -0.2) is 35.5 Å². The molecule has 3 unspecified atom stereocenters. The molecular formula is C18H21N3O3. The molecule has 6 heteroatoms. The van der Waals surface area contributed by atoms with E-state index in [1.54, 1.807) is 14.2 Å². The van der Waals surface area contributed by atoms with Crippen molar-refractivity contribution in [3.63, 3.8) is 0 Å². The number of hydrogen-bond donors (Lipinski definition) is 0. The molecule has 126 valence electrons. The summed E-state index contributed by atoms with van der Waals surface area (Å²) in [6.07, 6.45) is 2.21. The van der Waals surface area contributed by atoms with Crippen LogP contribution in [0.3, 0.4) is 0 Å². The first-order chi connectivity index (χ1) is 11.6. The van der Waals surface area contributed by atoms with Gasteiger partial charge in [-0.1, -0.05) is 0 Å². The van der Waals surface area contributed by atoms with Crippen LogP contribution in [0.2, 0.25) is 0 Å². The molecule has 3 aliphatic rings. The summed E-state index contributed by atoms with van der Waals surface area (Å²) in [7, 11) is 3.24. The second-order valence-electron chi connectivity index (χ2n) is 6.64. The van der Waals surface area contributed by atoms with Crippen LogP contribution in [0.4, 0.5) is 0 Å². The smallest absolute Gasteiger partial charge is 0.182 e. The van der Waals surface area contributed by atoms with Crippen molar-refractivity contribution in [1.82, 2.24) is 15.2 Å². The second kappa shape index (κ2) is 5.41. The maximum atomic E-state index is 6.13. The summed E-state index contributed by atoms with van der Waals surface area (Å²) in [5.74, 6) is 2.23. The van der Waals surface area contributed by atoms with Crippen molar-refractivity contribution in [1.29, 1.82) is 0 Å². The van der Waals surface area contributed by atoms with Gasteiger partial charge in [0, 0.05) is 11.5 Å². The Morgan fingerprint density at radius 2 is 1.96 bits per heavy atom. The highest BCUT2D eigenvalue weighted by molar-refractivity contribution is 5.61. The number of methoxy groups -OCH3 is 2. The average Bonchev–Trinajstić information content (AvgIpc) is 2.60. The Morgan fingerprint density at radius 3 is 2.67 bits per heavy atom. The van der Waals surface area contributed by atoms with Gasteiger partial charge in [-0.05, 0) is 44.9 Å². The van der Waals surface area contributed by atoms with E-state index in [9.17, 15) is 0 Å². The van der Waals surface area contributed by atoms with Crippen LogP contribution in [0.1, 0.15) is 44.0 Å². The van der Waals surface area contributed by atoms with Crippen LogP contribution in [0, 0.1) is 0 Å². The van der Waals surface area contributed by atoms with Crippen molar-refractivity contribution in [3.05, 3.63) is 29.6 Å². The Labute approximate surface area is 141 Å². The first kappa shape index (κ1) is 15.3. The van der Waals surface area contributed by atoms with E-state index < -0.39 is 0 Å². The second-order valence-corrected chi connectivity index (χ2v) is 6.64. The number of aromatic nitrogens is 3. The van der Waals surface area contributed by atoms with Gasteiger partial charge in [0.1, 0.15) is 11.3 Å². The van der Waals surface area contributed by atoms with E-state index in [2.05, 4.69) is 24.0 Å². The molecule has 6 nitrogen and oxygen atoms in total. The number of benzene rings is 1. The van der Waals surface area contributed by atoms with Crippen LogP contribution < -0.4 is 9.47 Å². The lowest BCUT2D eigenvalue weighted by molar-refractivity contribution is -0.145. The van der Waals surface area contributed by atoms with Gasteiger partial charge in [0.2, 0.25) is 0 Å². The third-order valence-electron chi connectivity index (χ3n) is 5.15. The molecule has 2 aromatic rings. The van der Waals surface area contributed by atoms with Crippen LogP contribution in [0.5, 0.6) is 11.5 Å². The molecule has 2 bridgehead atoms. The molecule has 3 heterocycles. The van der Waals surface area contributed by atoms with E-state index in [-0.39, 0.29) is 17.6 Å². The van der Waals surface area contributed by atoms with Gasteiger partial charge in [0.15, 0.2) is 17.3 Å². The van der Waals surface area contributed by atoms with Gasteiger partial charge in [0.25, 0.3) is 0 Å². The van der Waals surface area contributed by atoms with Crippen LogP contribution >= 0.6 is 0 Å². The van der Waals surface area contributed by atoms with E-state index in [0.29, 0.717) is 17.3 Å². The van der Waals surface area contributed by atoms with Crippen molar-refractivity contribution in [2.75, 3.05) is 14.2 Å². The lowest BCUT2D eigenvalue weighted by atomic mass is 9.74. The average molecular weight is 327 g/mol. The predicted octanol–water partition coefficient (Wildman–Crippen LogP) is 3.07. The Kier molecular flexibility index (Phi) is 3.46. The molecule has 0 spiro atoms. The quantitative estimate of drug-likeness (QED) is 0.863. The van der Waals surface area contributed by atoms with Gasteiger partial charge in [-0.25, -0.2) is 4.98 Å². The minimum Gasteiger partial charge on any atom is -0.493 e. The summed E-state index contributed by atoms with van der Waals surface area (Å²) in [6.45, 7) is 4.20. The maximum Gasteiger partial charge on any atom is 0.182 e. The standard InChI is InChI=1S/C18H21N3O3/c1-10-12-7-8-18(2,24-10)16-15(12)19-17(21-20-16)11-5-6-13(22-3)14(9-11)23-4/h5-6,9-10,12H,7-8H2,1-4H3. The molecule has 1 aromatic heterocycles. The molecule has 0 amide bonds. The molecule has 5 rings (SSSR count). The van der Waals surface area contributed by atoms with Gasteiger partial charge in [-0.15, -0.1) is 10.2 Å². The highest BCUT2D eigenvalue weighted by Crippen LogP contribution is 2.50. The normalized spacial score (nSPS) is 27.7. The van der Waals surface area contributed by atoms with Gasteiger partial charge in [0.05, 0.1) is 26.0 Å². The van der Waals surface area contributed by atoms with Crippen molar-refractivity contribution in [3.8, 4) is 22.9 Å². The Hall–Kier alpha value is -2.21. The molecular weight excluding hydrogens is 306 g/mol. The van der Waals surface area contributed by atoms with Crippen LogP contribution in [0.25, 0.3) is 11.4 Å². The zero-order valence-electron chi connectivity index (χ0n) is 14.4. The zero-order valence-corrected chi connectivity index (χ0v) is 14.4. The maximum absolute atomic E-state index is 6.13. The minimum atomic E-state index is -0.361. The van der Waals surface area contributed by atoms with Crippen molar-refractivity contribution >= 4 is 0 Å². The van der Waals surface area contributed by atoms with E-state index in [1.165, 1.54) is 0 Å². The van der Waals surface area contributed by atoms with Crippen molar-refractivity contribution in [2.45, 2.75) is 44.3 Å². The molecule has 1 aliphatic carbocycles. The molecule has 3 atom stereocenters. The first-order valence-electron chi connectivity index (χ1n) is 8.21. The SMILES string of the molecule is COc1ccc(-c2nnc3c(n2)C2CCC3(C)OC2C)cc1OC. The Morgan fingerprint density at radius 1 is 1.17 bits per heavy atom.